The summed E-state index contributed by atoms with van der Waals surface area (Å²) in [5, 5.41) is 12.2. The summed E-state index contributed by atoms with van der Waals surface area (Å²) in [4.78, 5) is 23.5. The molecule has 0 spiro atoms. The fourth-order valence-corrected chi connectivity index (χ4v) is 3.02. The van der Waals surface area contributed by atoms with E-state index in [0.717, 1.165) is 36.0 Å². The highest BCUT2D eigenvalue weighted by Crippen LogP contribution is 2.24. The number of aliphatic carboxylic acids is 1. The van der Waals surface area contributed by atoms with Gasteiger partial charge in [0.05, 0.1) is 12.3 Å². The Morgan fingerprint density at radius 2 is 1.95 bits per heavy atom. The van der Waals surface area contributed by atoms with Crippen molar-refractivity contribution in [3.63, 3.8) is 0 Å². The minimum absolute atomic E-state index is 0.0816. The lowest BCUT2D eigenvalue weighted by molar-refractivity contribution is -0.144. The minimum Gasteiger partial charge on any atom is -0.481 e. The lowest BCUT2D eigenvalue weighted by Gasteiger charge is -2.29. The number of rotatable bonds is 4. The van der Waals surface area contributed by atoms with E-state index in [9.17, 15) is 14.7 Å². The van der Waals surface area contributed by atoms with E-state index < -0.39 is 11.9 Å². The first-order valence-electron chi connectivity index (χ1n) is 7.55. The summed E-state index contributed by atoms with van der Waals surface area (Å²) in [6.07, 6.45) is 3.65. The fraction of sp³-hybridized carbons (Fsp3) is 0.529. The Morgan fingerprint density at radius 1 is 1.24 bits per heavy atom. The number of nitrogens with one attached hydrogen (secondary N) is 1. The first-order chi connectivity index (χ1) is 9.97. The molecule has 2 rings (SSSR count). The smallest absolute Gasteiger partial charge is 0.308 e. The summed E-state index contributed by atoms with van der Waals surface area (Å²) >= 11 is 0. The number of benzene rings is 1. The number of carboxylic acids is 1. The van der Waals surface area contributed by atoms with Crippen molar-refractivity contribution in [3.8, 4) is 0 Å². The molecule has 1 fully saturated rings. The molecule has 2 unspecified atom stereocenters. The van der Waals surface area contributed by atoms with Crippen molar-refractivity contribution in [1.29, 1.82) is 0 Å². The zero-order valence-electron chi connectivity index (χ0n) is 12.7. The summed E-state index contributed by atoms with van der Waals surface area (Å²) in [5.41, 5.74) is 3.23. The Morgan fingerprint density at radius 3 is 2.67 bits per heavy atom. The van der Waals surface area contributed by atoms with Crippen LogP contribution in [0.25, 0.3) is 0 Å². The zero-order valence-corrected chi connectivity index (χ0v) is 12.7. The molecule has 21 heavy (non-hydrogen) atoms. The van der Waals surface area contributed by atoms with Crippen molar-refractivity contribution < 1.29 is 14.7 Å². The van der Waals surface area contributed by atoms with Crippen LogP contribution in [0.4, 0.5) is 0 Å². The molecule has 4 nitrogen and oxygen atoms in total. The van der Waals surface area contributed by atoms with Gasteiger partial charge in [0.15, 0.2) is 0 Å². The highest BCUT2D eigenvalue weighted by atomic mass is 16.4. The number of amides is 1. The van der Waals surface area contributed by atoms with Crippen molar-refractivity contribution in [1.82, 2.24) is 5.32 Å². The molecule has 2 N–H and O–H groups in total. The maximum absolute atomic E-state index is 12.2. The topological polar surface area (TPSA) is 66.4 Å². The van der Waals surface area contributed by atoms with E-state index in [4.69, 9.17) is 0 Å². The molecule has 1 saturated carbocycles. The number of hydrogen-bond donors (Lipinski definition) is 2. The van der Waals surface area contributed by atoms with Gasteiger partial charge in [-0.1, -0.05) is 36.6 Å². The third-order valence-corrected chi connectivity index (χ3v) is 4.29. The van der Waals surface area contributed by atoms with E-state index >= 15 is 0 Å². The summed E-state index contributed by atoms with van der Waals surface area (Å²) in [6.45, 7) is 3.99. The van der Waals surface area contributed by atoms with Gasteiger partial charge in [0.1, 0.15) is 0 Å². The normalized spacial score (nSPS) is 21.8. The average Bonchev–Trinajstić information content (AvgIpc) is 2.43. The van der Waals surface area contributed by atoms with Gasteiger partial charge in [0, 0.05) is 6.04 Å². The Balaban J connectivity index is 2.00. The van der Waals surface area contributed by atoms with Crippen LogP contribution in [-0.2, 0) is 16.0 Å². The molecular weight excluding hydrogens is 266 g/mol. The van der Waals surface area contributed by atoms with Gasteiger partial charge in [0.25, 0.3) is 0 Å². The van der Waals surface area contributed by atoms with E-state index in [-0.39, 0.29) is 11.9 Å². The number of carbonyl (C=O) groups excluding carboxylic acids is 1. The van der Waals surface area contributed by atoms with Gasteiger partial charge in [-0.15, -0.1) is 0 Å². The first-order valence-corrected chi connectivity index (χ1v) is 7.55. The number of carboxylic acid groups (broad SMARTS) is 1. The van der Waals surface area contributed by atoms with E-state index in [1.54, 1.807) is 0 Å². The van der Waals surface area contributed by atoms with Crippen LogP contribution in [0, 0.1) is 19.8 Å². The summed E-state index contributed by atoms with van der Waals surface area (Å²) in [7, 11) is 0. The first kappa shape index (κ1) is 15.5. The number of aryl methyl sites for hydroxylation is 2. The van der Waals surface area contributed by atoms with Gasteiger partial charge >= 0.3 is 5.97 Å². The SMILES string of the molecule is Cc1ccc(C)c(CC(=O)NC2CCCCC2C(=O)O)c1. The third kappa shape index (κ3) is 4.06. The number of hydrogen-bond acceptors (Lipinski definition) is 2. The highest BCUT2D eigenvalue weighted by molar-refractivity contribution is 5.80. The van der Waals surface area contributed by atoms with Gasteiger partial charge in [0.2, 0.25) is 5.91 Å². The molecule has 1 aromatic carbocycles. The molecule has 1 amide bonds. The summed E-state index contributed by atoms with van der Waals surface area (Å²) in [5.74, 6) is -1.32. The fourth-order valence-electron chi connectivity index (χ4n) is 3.02. The maximum atomic E-state index is 12.2. The molecule has 0 heterocycles. The Labute approximate surface area is 125 Å². The monoisotopic (exact) mass is 289 g/mol. The zero-order chi connectivity index (χ0) is 15.4. The Hall–Kier alpha value is -1.84. The molecule has 0 radical (unpaired) electrons. The second-order valence-electron chi connectivity index (χ2n) is 6.01. The van der Waals surface area contributed by atoms with Gasteiger partial charge in [-0.3, -0.25) is 9.59 Å². The molecule has 0 bridgehead atoms. The molecule has 114 valence electrons. The van der Waals surface area contributed by atoms with E-state index in [0.29, 0.717) is 12.8 Å². The second kappa shape index (κ2) is 6.74. The van der Waals surface area contributed by atoms with Gasteiger partial charge in [-0.2, -0.15) is 0 Å². The summed E-state index contributed by atoms with van der Waals surface area (Å²) < 4.78 is 0. The van der Waals surface area contributed by atoms with Crippen LogP contribution < -0.4 is 5.32 Å². The lowest BCUT2D eigenvalue weighted by Crippen LogP contribution is -2.45. The molecule has 1 aromatic rings. The standard InChI is InChI=1S/C17H23NO3/c1-11-7-8-12(2)13(9-11)10-16(19)18-15-6-4-3-5-14(15)17(20)21/h7-9,14-15H,3-6,10H2,1-2H3,(H,18,19)(H,20,21). The third-order valence-electron chi connectivity index (χ3n) is 4.29. The molecule has 0 aliphatic heterocycles. The minimum atomic E-state index is -0.799. The molecule has 4 heteroatoms. The molecule has 1 aliphatic carbocycles. The van der Waals surface area contributed by atoms with E-state index in [1.165, 1.54) is 0 Å². The van der Waals surface area contributed by atoms with Crippen molar-refractivity contribution in [2.75, 3.05) is 0 Å². The van der Waals surface area contributed by atoms with Crippen molar-refractivity contribution in [2.45, 2.75) is 52.0 Å². The van der Waals surface area contributed by atoms with Gasteiger partial charge in [-0.05, 0) is 37.8 Å². The summed E-state index contributed by atoms with van der Waals surface area (Å²) in [6, 6.07) is 5.83. The van der Waals surface area contributed by atoms with Crippen molar-refractivity contribution in [2.24, 2.45) is 5.92 Å². The van der Waals surface area contributed by atoms with Crippen LogP contribution in [0.15, 0.2) is 18.2 Å². The van der Waals surface area contributed by atoms with E-state index in [1.807, 2.05) is 32.0 Å². The van der Waals surface area contributed by atoms with Gasteiger partial charge < -0.3 is 10.4 Å². The van der Waals surface area contributed by atoms with Crippen LogP contribution in [-0.4, -0.2) is 23.0 Å². The quantitative estimate of drug-likeness (QED) is 0.895. The Kier molecular flexibility index (Phi) is 4.99. The number of carbonyl (C=O) groups is 2. The molecule has 2 atom stereocenters. The van der Waals surface area contributed by atoms with Crippen LogP contribution in [0.5, 0.6) is 0 Å². The van der Waals surface area contributed by atoms with Crippen molar-refractivity contribution >= 4 is 11.9 Å². The van der Waals surface area contributed by atoms with E-state index in [2.05, 4.69) is 5.32 Å². The van der Waals surface area contributed by atoms with Gasteiger partial charge in [-0.25, -0.2) is 0 Å². The molecule has 1 aliphatic rings. The Bertz CT molecular complexity index is 539. The highest BCUT2D eigenvalue weighted by Gasteiger charge is 2.31. The maximum Gasteiger partial charge on any atom is 0.308 e. The average molecular weight is 289 g/mol. The largest absolute Gasteiger partial charge is 0.481 e. The molecule has 0 saturated heterocycles. The second-order valence-corrected chi connectivity index (χ2v) is 6.01. The van der Waals surface area contributed by atoms with Crippen LogP contribution in [0.2, 0.25) is 0 Å². The van der Waals surface area contributed by atoms with Crippen LogP contribution in [0.1, 0.15) is 42.4 Å². The van der Waals surface area contributed by atoms with Crippen LogP contribution >= 0.6 is 0 Å². The molecular formula is C17H23NO3. The van der Waals surface area contributed by atoms with Crippen LogP contribution in [0.3, 0.4) is 0 Å². The van der Waals surface area contributed by atoms with Crippen molar-refractivity contribution in [3.05, 3.63) is 34.9 Å². The predicted molar refractivity (Wildman–Crippen MR) is 81.1 cm³/mol. The predicted octanol–water partition coefficient (Wildman–Crippen LogP) is 2.61. The molecule has 0 aromatic heterocycles. The lowest BCUT2D eigenvalue weighted by atomic mass is 9.84.